The predicted octanol–water partition coefficient (Wildman–Crippen LogP) is 3.61. The highest BCUT2D eigenvalue weighted by Crippen LogP contribution is 2.32. The average Bonchev–Trinajstić information content (AvgIpc) is 3.06. The molecule has 0 radical (unpaired) electrons. The molecule has 18 nitrogen and oxygen atoms in total. The van der Waals surface area contributed by atoms with Gasteiger partial charge in [-0.1, -0.05) is 19.9 Å². The summed E-state index contributed by atoms with van der Waals surface area (Å²) in [4.78, 5) is 45.9. The van der Waals surface area contributed by atoms with E-state index in [1.54, 1.807) is 43.3 Å². The quantitative estimate of drug-likeness (QED) is 0.0825. The number of carbonyl (C=O) groups is 3. The van der Waals surface area contributed by atoms with Gasteiger partial charge in [0.1, 0.15) is 11.5 Å². The lowest BCUT2D eigenvalue weighted by Gasteiger charge is -2.44. The number of carbonyl (C=O) groups excluding carboxylic acids is 2. The number of amides is 2. The van der Waals surface area contributed by atoms with E-state index >= 15 is 0 Å². The van der Waals surface area contributed by atoms with Crippen LogP contribution in [0.1, 0.15) is 76.8 Å². The topological polar surface area (TPSA) is 303 Å². The molecule has 1 saturated heterocycles. The zero-order valence-corrected chi connectivity index (χ0v) is 32.8. The Hall–Kier alpha value is -5.44. The van der Waals surface area contributed by atoms with Crippen molar-refractivity contribution in [3.05, 3.63) is 77.0 Å². The van der Waals surface area contributed by atoms with Gasteiger partial charge >= 0.3 is 5.97 Å². The van der Waals surface area contributed by atoms with Crippen molar-refractivity contribution >= 4 is 55.4 Å². The van der Waals surface area contributed by atoms with Gasteiger partial charge in [0.2, 0.25) is 5.88 Å². The second kappa shape index (κ2) is 19.2. The summed E-state index contributed by atoms with van der Waals surface area (Å²) >= 11 is 0. The summed E-state index contributed by atoms with van der Waals surface area (Å²) in [7, 11) is -5.93. The number of pyridine rings is 1. The minimum Gasteiger partial charge on any atom is -0.481 e. The molecule has 55 heavy (non-hydrogen) atoms. The van der Waals surface area contributed by atoms with Crippen LogP contribution in [-0.4, -0.2) is 109 Å². The third kappa shape index (κ3) is 15.4. The first-order valence-electron chi connectivity index (χ1n) is 16.5. The largest absolute Gasteiger partial charge is 0.481 e. The number of piperidine rings is 1. The number of nitrogens with one attached hydrogen (secondary N) is 4. The summed E-state index contributed by atoms with van der Waals surface area (Å²) in [6.45, 7) is 7.24. The summed E-state index contributed by atoms with van der Waals surface area (Å²) in [6.07, 6.45) is 3.52. The number of hydrogen-bond donors (Lipinski definition) is 8. The molecular weight excluding hydrogens is 759 g/mol. The molecule has 0 bridgehead atoms. The van der Waals surface area contributed by atoms with Crippen LogP contribution in [0.15, 0.2) is 54.6 Å². The summed E-state index contributed by atoms with van der Waals surface area (Å²) < 4.78 is 57.0. The van der Waals surface area contributed by atoms with Gasteiger partial charge in [-0.3, -0.25) is 29.5 Å². The molecule has 1 fully saturated rings. The summed E-state index contributed by atoms with van der Waals surface area (Å²) in [5.41, 5.74) is 6.34. The third-order valence-electron chi connectivity index (χ3n) is 7.92. The lowest BCUT2D eigenvalue weighted by Crippen LogP contribution is -2.56. The minimum atomic E-state index is -3.67. The summed E-state index contributed by atoms with van der Waals surface area (Å²) in [5.74, 6) is -1.41. The van der Waals surface area contributed by atoms with Gasteiger partial charge in [-0.05, 0) is 80.1 Å². The van der Waals surface area contributed by atoms with Gasteiger partial charge in [-0.15, -0.1) is 0 Å². The second-order valence-corrected chi connectivity index (χ2v) is 16.1. The van der Waals surface area contributed by atoms with Crippen LogP contribution in [0.3, 0.4) is 0 Å². The molecule has 0 aliphatic carbocycles. The number of hydrogen-bond acceptors (Lipinski definition) is 11. The molecule has 9 N–H and O–H groups in total. The number of rotatable bonds is 10. The number of carboxylic acid groups (broad SMARTS) is 1. The number of aromatic carboxylic acids is 1. The van der Waals surface area contributed by atoms with Gasteiger partial charge in [0.05, 0.1) is 31.0 Å². The standard InChI is InChI=1S/C33H39N7O5.2CH4O3S/c1-19(2)18-33(13-15-40(16-14-33)20(3)34)39-30(41)22-7-10-24(26(17-22)32(43)44)25-11-12-27(45-4)38-28(25)31(42)37-23-8-5-21(6-9-23)29(35)36;2*1-5(2,3)4/h5-12,17,19,34H,13-16,18H2,1-4H3,(H3,35,36)(H,37,42)(H,39,41)(H,43,44);2*1H3,(H,2,3,4). The van der Waals surface area contributed by atoms with Gasteiger partial charge in [0.15, 0.2) is 0 Å². The molecule has 1 aromatic heterocycles. The number of amidine groups is 2. The van der Waals surface area contributed by atoms with E-state index < -0.39 is 37.7 Å². The molecule has 20 heteroatoms. The lowest BCUT2D eigenvalue weighted by atomic mass is 9.80. The fourth-order valence-electron chi connectivity index (χ4n) is 5.71. The van der Waals surface area contributed by atoms with Crippen molar-refractivity contribution in [2.75, 3.05) is 38.0 Å². The fourth-order valence-corrected chi connectivity index (χ4v) is 5.71. The van der Waals surface area contributed by atoms with Crippen molar-refractivity contribution in [2.45, 2.75) is 45.6 Å². The molecule has 0 unspecified atom stereocenters. The lowest BCUT2D eigenvalue weighted by molar-refractivity contribution is 0.0697. The van der Waals surface area contributed by atoms with Crippen molar-refractivity contribution in [1.29, 1.82) is 10.8 Å². The molecule has 1 aliphatic rings. The van der Waals surface area contributed by atoms with Crippen LogP contribution < -0.4 is 21.1 Å². The molecule has 300 valence electrons. The third-order valence-corrected chi connectivity index (χ3v) is 7.92. The van der Waals surface area contributed by atoms with E-state index in [1.165, 1.54) is 25.3 Å². The van der Waals surface area contributed by atoms with E-state index in [-0.39, 0.29) is 45.6 Å². The van der Waals surface area contributed by atoms with Crippen LogP contribution in [-0.2, 0) is 20.2 Å². The number of nitrogens with two attached hydrogens (primary N) is 1. The summed E-state index contributed by atoms with van der Waals surface area (Å²) in [5, 5.41) is 31.7. The zero-order valence-electron chi connectivity index (χ0n) is 31.2. The normalized spacial score (nSPS) is 13.6. The molecule has 1 aliphatic heterocycles. The van der Waals surface area contributed by atoms with E-state index in [0.717, 1.165) is 6.42 Å². The Morgan fingerprint density at radius 3 is 1.87 bits per heavy atom. The van der Waals surface area contributed by atoms with Crippen molar-refractivity contribution in [2.24, 2.45) is 11.7 Å². The maximum Gasteiger partial charge on any atom is 0.336 e. The van der Waals surface area contributed by atoms with E-state index in [1.807, 2.05) is 4.90 Å². The molecule has 2 aromatic carbocycles. The highest BCUT2D eigenvalue weighted by molar-refractivity contribution is 7.85. The number of nitrogens with zero attached hydrogens (tertiary/aromatic N) is 2. The number of aromatic nitrogens is 1. The Morgan fingerprint density at radius 1 is 0.909 bits per heavy atom. The van der Waals surface area contributed by atoms with Gasteiger partial charge in [0, 0.05) is 47.1 Å². The number of benzene rings is 2. The Morgan fingerprint density at radius 2 is 1.42 bits per heavy atom. The monoisotopic (exact) mass is 805 g/mol. The number of ether oxygens (including phenoxy) is 1. The van der Waals surface area contributed by atoms with Crippen LogP contribution >= 0.6 is 0 Å². The van der Waals surface area contributed by atoms with Gasteiger partial charge in [0.25, 0.3) is 32.1 Å². The smallest absolute Gasteiger partial charge is 0.336 e. The van der Waals surface area contributed by atoms with Gasteiger partial charge in [-0.2, -0.15) is 16.8 Å². The van der Waals surface area contributed by atoms with Crippen LogP contribution in [0.2, 0.25) is 0 Å². The maximum absolute atomic E-state index is 13.6. The highest BCUT2D eigenvalue weighted by Gasteiger charge is 2.37. The van der Waals surface area contributed by atoms with Crippen LogP contribution in [0.4, 0.5) is 5.69 Å². The predicted molar refractivity (Wildman–Crippen MR) is 207 cm³/mol. The van der Waals surface area contributed by atoms with Crippen molar-refractivity contribution in [1.82, 2.24) is 15.2 Å². The molecule has 2 amide bonds. The van der Waals surface area contributed by atoms with Gasteiger partial charge < -0.3 is 31.1 Å². The first kappa shape index (κ1) is 45.7. The van der Waals surface area contributed by atoms with Crippen LogP contribution in [0.5, 0.6) is 5.88 Å². The van der Waals surface area contributed by atoms with E-state index in [4.69, 9.17) is 30.4 Å². The number of nitrogen functional groups attached to an aromatic ring is 1. The Bertz CT molecular complexity index is 2070. The molecular formula is C35H47N7O11S2. The molecule has 4 rings (SSSR count). The van der Waals surface area contributed by atoms with E-state index in [9.17, 15) is 36.3 Å². The Labute approximate surface area is 320 Å². The number of carboxylic acids is 1. The average molecular weight is 806 g/mol. The van der Waals surface area contributed by atoms with Gasteiger partial charge in [-0.25, -0.2) is 9.78 Å². The molecule has 0 atom stereocenters. The van der Waals surface area contributed by atoms with Crippen molar-refractivity contribution < 1.29 is 50.2 Å². The first-order chi connectivity index (χ1) is 25.3. The SMILES string of the molecule is COc1ccc(-c2ccc(C(=O)NC3(CC(C)C)CCN(C(C)=N)CC3)cc2C(=O)O)c(C(=O)Nc2ccc(C(=N)N)cc2)n1.CS(=O)(=O)O.CS(=O)(=O)O. The summed E-state index contributed by atoms with van der Waals surface area (Å²) in [6, 6.07) is 13.8. The van der Waals surface area contributed by atoms with E-state index in [0.29, 0.717) is 61.4 Å². The zero-order chi connectivity index (χ0) is 41.9. The highest BCUT2D eigenvalue weighted by atomic mass is 32.2. The number of anilines is 1. The first-order valence-corrected chi connectivity index (χ1v) is 20.2. The fraction of sp³-hybridized carbons (Fsp3) is 0.371. The van der Waals surface area contributed by atoms with E-state index in [2.05, 4.69) is 29.5 Å². The Kier molecular flexibility index (Phi) is 16.0. The number of likely N-dealkylation sites (tertiary alicyclic amines) is 1. The van der Waals surface area contributed by atoms with Crippen LogP contribution in [0.25, 0.3) is 11.1 Å². The molecule has 0 spiro atoms. The molecule has 3 aromatic rings. The molecule has 0 saturated carbocycles. The number of methoxy groups -OCH3 is 1. The maximum atomic E-state index is 13.6. The van der Waals surface area contributed by atoms with Crippen molar-refractivity contribution in [3.8, 4) is 17.0 Å². The van der Waals surface area contributed by atoms with Crippen LogP contribution in [0, 0.1) is 16.7 Å². The Balaban J connectivity index is 0.000000926. The second-order valence-electron chi connectivity index (χ2n) is 13.1. The minimum absolute atomic E-state index is 0.0752. The molecule has 2 heterocycles. The van der Waals surface area contributed by atoms with Crippen molar-refractivity contribution in [3.63, 3.8) is 0 Å².